The maximum absolute atomic E-state index is 11.9. The van der Waals surface area contributed by atoms with E-state index in [-0.39, 0.29) is 11.3 Å². The van der Waals surface area contributed by atoms with Crippen LogP contribution in [0.5, 0.6) is 0 Å². The molecule has 0 atom stereocenters. The Bertz CT molecular complexity index is 445. The lowest BCUT2D eigenvalue weighted by atomic mass is 9.86. The van der Waals surface area contributed by atoms with Gasteiger partial charge in [-0.15, -0.1) is 0 Å². The summed E-state index contributed by atoms with van der Waals surface area (Å²) in [4.78, 5) is 13.9. The molecule has 1 fully saturated rings. The van der Waals surface area contributed by atoms with Crippen LogP contribution in [-0.2, 0) is 16.6 Å². The number of nitrogens with one attached hydrogen (secondary N) is 1. The summed E-state index contributed by atoms with van der Waals surface area (Å²) in [6.45, 7) is 9.83. The maximum Gasteiger partial charge on any atom is 0.236 e. The molecule has 1 aliphatic rings. The number of hydrogen-bond donors (Lipinski definition) is 1. The van der Waals surface area contributed by atoms with E-state index in [9.17, 15) is 4.79 Å². The maximum atomic E-state index is 11.9. The smallest absolute Gasteiger partial charge is 0.236 e. The molecule has 0 aromatic heterocycles. The number of carbonyl (C=O) groups excluding carboxylic acids is 1. The molecule has 1 saturated heterocycles. The molecular weight excluding hydrogens is 248 g/mol. The first-order valence-electron chi connectivity index (χ1n) is 7.55. The van der Waals surface area contributed by atoms with Gasteiger partial charge < -0.3 is 10.2 Å². The summed E-state index contributed by atoms with van der Waals surface area (Å²) < 4.78 is 0. The molecule has 1 aromatic carbocycles. The van der Waals surface area contributed by atoms with Crippen molar-refractivity contribution in [1.29, 1.82) is 0 Å². The van der Waals surface area contributed by atoms with E-state index in [2.05, 4.69) is 50.4 Å². The van der Waals surface area contributed by atoms with Gasteiger partial charge in [-0.25, -0.2) is 0 Å². The summed E-state index contributed by atoms with van der Waals surface area (Å²) in [6.07, 6.45) is 1.99. The molecule has 1 heterocycles. The predicted octanol–water partition coefficient (Wildman–Crippen LogP) is 2.35. The van der Waals surface area contributed by atoms with E-state index in [0.717, 1.165) is 32.5 Å². The number of nitrogens with zero attached hydrogens (tertiary/aromatic N) is 1. The summed E-state index contributed by atoms with van der Waals surface area (Å²) in [5, 5.41) is 3.16. The van der Waals surface area contributed by atoms with Crippen molar-refractivity contribution >= 4 is 5.91 Å². The number of amides is 1. The van der Waals surface area contributed by atoms with E-state index in [1.807, 2.05) is 4.90 Å². The Labute approximate surface area is 122 Å². The Hall–Kier alpha value is -1.35. The van der Waals surface area contributed by atoms with Crippen molar-refractivity contribution in [3.63, 3.8) is 0 Å². The monoisotopic (exact) mass is 274 g/mol. The van der Waals surface area contributed by atoms with Crippen LogP contribution in [0.15, 0.2) is 24.3 Å². The molecule has 0 unspecified atom stereocenters. The average molecular weight is 274 g/mol. The van der Waals surface area contributed by atoms with E-state index in [1.54, 1.807) is 0 Å². The van der Waals surface area contributed by atoms with E-state index in [4.69, 9.17) is 0 Å². The minimum atomic E-state index is 0.199. The van der Waals surface area contributed by atoms with Gasteiger partial charge in [0.05, 0.1) is 6.54 Å². The lowest BCUT2D eigenvalue weighted by molar-refractivity contribution is -0.129. The fourth-order valence-corrected chi connectivity index (χ4v) is 2.50. The fraction of sp³-hybridized carbons (Fsp3) is 0.588. The van der Waals surface area contributed by atoms with E-state index < -0.39 is 0 Å². The van der Waals surface area contributed by atoms with Gasteiger partial charge in [-0.05, 0) is 35.9 Å². The van der Waals surface area contributed by atoms with Crippen LogP contribution < -0.4 is 5.32 Å². The van der Waals surface area contributed by atoms with Crippen LogP contribution in [0.1, 0.15) is 38.3 Å². The lowest BCUT2D eigenvalue weighted by Gasteiger charge is -2.21. The highest BCUT2D eigenvalue weighted by Crippen LogP contribution is 2.22. The summed E-state index contributed by atoms with van der Waals surface area (Å²) in [7, 11) is 0. The van der Waals surface area contributed by atoms with Gasteiger partial charge >= 0.3 is 0 Å². The standard InChI is InChI=1S/C17H26N2O/c1-17(2,3)15-7-5-14(6-8-15)9-12-19-11-4-10-18-13-16(19)20/h5-8,18H,4,9-13H2,1-3H3. The van der Waals surface area contributed by atoms with Crippen molar-refractivity contribution < 1.29 is 4.79 Å². The molecule has 1 amide bonds. The minimum Gasteiger partial charge on any atom is -0.341 e. The molecule has 1 aromatic rings. The second-order valence-corrected chi connectivity index (χ2v) is 6.61. The van der Waals surface area contributed by atoms with Crippen LogP contribution in [0.3, 0.4) is 0 Å². The largest absolute Gasteiger partial charge is 0.341 e. The Morgan fingerprint density at radius 3 is 2.55 bits per heavy atom. The number of hydrogen-bond acceptors (Lipinski definition) is 2. The van der Waals surface area contributed by atoms with Gasteiger partial charge in [0.2, 0.25) is 5.91 Å². The highest BCUT2D eigenvalue weighted by atomic mass is 16.2. The predicted molar refractivity (Wildman–Crippen MR) is 82.9 cm³/mol. The van der Waals surface area contributed by atoms with Crippen LogP contribution in [0.25, 0.3) is 0 Å². The Kier molecular flexibility index (Phi) is 4.81. The van der Waals surface area contributed by atoms with Crippen molar-refractivity contribution in [3.8, 4) is 0 Å². The van der Waals surface area contributed by atoms with Gasteiger partial charge in [0.25, 0.3) is 0 Å². The fourth-order valence-electron chi connectivity index (χ4n) is 2.50. The second-order valence-electron chi connectivity index (χ2n) is 6.61. The quantitative estimate of drug-likeness (QED) is 0.917. The van der Waals surface area contributed by atoms with Gasteiger partial charge in [-0.3, -0.25) is 4.79 Å². The zero-order valence-corrected chi connectivity index (χ0v) is 12.9. The zero-order valence-electron chi connectivity index (χ0n) is 12.9. The van der Waals surface area contributed by atoms with Crippen molar-refractivity contribution in [1.82, 2.24) is 10.2 Å². The molecule has 110 valence electrons. The van der Waals surface area contributed by atoms with E-state index in [1.165, 1.54) is 11.1 Å². The number of carbonyl (C=O) groups is 1. The minimum absolute atomic E-state index is 0.199. The molecule has 0 radical (unpaired) electrons. The molecule has 3 heteroatoms. The van der Waals surface area contributed by atoms with Gasteiger partial charge in [0, 0.05) is 13.1 Å². The zero-order chi connectivity index (χ0) is 14.6. The van der Waals surface area contributed by atoms with Gasteiger partial charge in [0.15, 0.2) is 0 Å². The van der Waals surface area contributed by atoms with Crippen LogP contribution in [-0.4, -0.2) is 37.0 Å². The third-order valence-electron chi connectivity index (χ3n) is 3.90. The molecule has 0 aliphatic carbocycles. The lowest BCUT2D eigenvalue weighted by Crippen LogP contribution is -2.36. The normalized spacial score (nSPS) is 17.1. The molecule has 0 saturated carbocycles. The molecular formula is C17H26N2O. The SMILES string of the molecule is CC(C)(C)c1ccc(CCN2CCCNCC2=O)cc1. The third-order valence-corrected chi connectivity index (χ3v) is 3.90. The Morgan fingerprint density at radius 1 is 1.20 bits per heavy atom. The molecule has 20 heavy (non-hydrogen) atoms. The summed E-state index contributed by atoms with van der Waals surface area (Å²) in [6, 6.07) is 8.81. The molecule has 0 spiro atoms. The Morgan fingerprint density at radius 2 is 1.90 bits per heavy atom. The first-order chi connectivity index (χ1) is 9.47. The van der Waals surface area contributed by atoms with Crippen molar-refractivity contribution in [3.05, 3.63) is 35.4 Å². The average Bonchev–Trinajstić information content (AvgIpc) is 2.61. The topological polar surface area (TPSA) is 32.3 Å². The van der Waals surface area contributed by atoms with Crippen LogP contribution >= 0.6 is 0 Å². The van der Waals surface area contributed by atoms with Crippen LogP contribution in [0.4, 0.5) is 0 Å². The van der Waals surface area contributed by atoms with Crippen molar-refractivity contribution in [2.75, 3.05) is 26.2 Å². The van der Waals surface area contributed by atoms with Crippen molar-refractivity contribution in [2.45, 2.75) is 39.0 Å². The molecule has 2 rings (SSSR count). The first kappa shape index (κ1) is 15.0. The van der Waals surface area contributed by atoms with Gasteiger partial charge in [0.1, 0.15) is 0 Å². The van der Waals surface area contributed by atoms with Gasteiger partial charge in [-0.1, -0.05) is 45.0 Å². The Balaban J connectivity index is 1.92. The highest BCUT2D eigenvalue weighted by Gasteiger charge is 2.16. The van der Waals surface area contributed by atoms with Gasteiger partial charge in [-0.2, -0.15) is 0 Å². The number of benzene rings is 1. The molecule has 1 N–H and O–H groups in total. The van der Waals surface area contributed by atoms with E-state index in [0.29, 0.717) is 6.54 Å². The number of rotatable bonds is 3. The van der Waals surface area contributed by atoms with Crippen molar-refractivity contribution in [2.24, 2.45) is 0 Å². The third kappa shape index (κ3) is 4.07. The molecule has 3 nitrogen and oxygen atoms in total. The summed E-state index contributed by atoms with van der Waals surface area (Å²) in [5.74, 6) is 0.230. The highest BCUT2D eigenvalue weighted by molar-refractivity contribution is 5.78. The molecule has 1 aliphatic heterocycles. The van der Waals surface area contributed by atoms with E-state index >= 15 is 0 Å². The summed E-state index contributed by atoms with van der Waals surface area (Å²) in [5.41, 5.74) is 2.87. The summed E-state index contributed by atoms with van der Waals surface area (Å²) >= 11 is 0. The van der Waals surface area contributed by atoms with Crippen LogP contribution in [0, 0.1) is 0 Å². The van der Waals surface area contributed by atoms with Crippen LogP contribution in [0.2, 0.25) is 0 Å². The second kappa shape index (κ2) is 6.40. The molecule has 0 bridgehead atoms. The first-order valence-corrected chi connectivity index (χ1v) is 7.55.